The number of hydrogen-bond acceptors (Lipinski definition) is 7. The summed E-state index contributed by atoms with van der Waals surface area (Å²) in [5.74, 6) is -0.285. The average molecular weight is 497 g/mol. The molecule has 0 saturated heterocycles. The summed E-state index contributed by atoms with van der Waals surface area (Å²) >= 11 is 6.07. The van der Waals surface area contributed by atoms with E-state index in [-0.39, 0.29) is 23.8 Å². The molecule has 0 aliphatic rings. The first-order valence-electron chi connectivity index (χ1n) is 10.2. The molecule has 0 bridgehead atoms. The molecule has 0 unspecified atom stereocenters. The minimum atomic E-state index is -0.599. The van der Waals surface area contributed by atoms with Gasteiger partial charge in [-0.1, -0.05) is 23.7 Å². The number of anilines is 1. The Morgan fingerprint density at radius 2 is 1.91 bits per heavy atom. The molecule has 35 heavy (non-hydrogen) atoms. The number of amides is 2. The minimum absolute atomic E-state index is 0.101. The Bertz CT molecular complexity index is 1290. The lowest BCUT2D eigenvalue weighted by atomic mass is 10.2. The summed E-state index contributed by atoms with van der Waals surface area (Å²) < 4.78 is 10.9. The Morgan fingerprint density at radius 3 is 2.63 bits per heavy atom. The number of hydrazone groups is 1. The monoisotopic (exact) mass is 496 g/mol. The van der Waals surface area contributed by atoms with Gasteiger partial charge in [0.05, 0.1) is 18.2 Å². The molecule has 0 aromatic heterocycles. The first kappa shape index (κ1) is 25.2. The van der Waals surface area contributed by atoms with Crippen LogP contribution in [0.1, 0.15) is 21.5 Å². The summed E-state index contributed by atoms with van der Waals surface area (Å²) in [6.07, 6.45) is 1.37. The van der Waals surface area contributed by atoms with Crippen molar-refractivity contribution in [3.8, 4) is 11.5 Å². The van der Waals surface area contributed by atoms with E-state index >= 15 is 0 Å². The Labute approximate surface area is 205 Å². The van der Waals surface area contributed by atoms with Crippen molar-refractivity contribution in [3.05, 3.63) is 92.5 Å². The molecule has 11 heteroatoms. The van der Waals surface area contributed by atoms with E-state index in [1.165, 1.54) is 31.5 Å². The molecule has 2 amide bonds. The summed E-state index contributed by atoms with van der Waals surface area (Å²) in [5.41, 5.74) is 4.25. The van der Waals surface area contributed by atoms with E-state index in [1.54, 1.807) is 36.4 Å². The van der Waals surface area contributed by atoms with Crippen LogP contribution in [0, 0.1) is 17.0 Å². The molecule has 2 N–H and O–H groups in total. The van der Waals surface area contributed by atoms with Crippen molar-refractivity contribution in [1.29, 1.82) is 0 Å². The van der Waals surface area contributed by atoms with E-state index in [0.717, 1.165) is 11.6 Å². The van der Waals surface area contributed by atoms with Gasteiger partial charge >= 0.3 is 0 Å². The van der Waals surface area contributed by atoms with Crippen LogP contribution in [0.2, 0.25) is 5.02 Å². The summed E-state index contributed by atoms with van der Waals surface area (Å²) in [4.78, 5) is 34.6. The van der Waals surface area contributed by atoms with E-state index < -0.39 is 10.8 Å². The van der Waals surface area contributed by atoms with Gasteiger partial charge in [-0.3, -0.25) is 19.7 Å². The van der Waals surface area contributed by atoms with Gasteiger partial charge in [0, 0.05) is 28.4 Å². The Kier molecular flexibility index (Phi) is 8.36. The number of carbonyl (C=O) groups excluding carboxylic acids is 2. The van der Waals surface area contributed by atoms with Crippen LogP contribution in [0.15, 0.2) is 65.8 Å². The van der Waals surface area contributed by atoms with Crippen LogP contribution in [0.4, 0.5) is 11.4 Å². The Hall–Kier alpha value is -4.44. The maximum Gasteiger partial charge on any atom is 0.271 e. The van der Waals surface area contributed by atoms with Crippen molar-refractivity contribution in [2.75, 3.05) is 19.0 Å². The van der Waals surface area contributed by atoms with Gasteiger partial charge in [-0.15, -0.1) is 0 Å². The van der Waals surface area contributed by atoms with Crippen molar-refractivity contribution < 1.29 is 24.0 Å². The molecule has 3 rings (SSSR count). The number of nitro benzene ring substituents is 1. The zero-order chi connectivity index (χ0) is 25.4. The maximum atomic E-state index is 12.2. The van der Waals surface area contributed by atoms with Crippen molar-refractivity contribution in [2.24, 2.45) is 5.10 Å². The van der Waals surface area contributed by atoms with E-state index in [0.29, 0.717) is 27.8 Å². The summed E-state index contributed by atoms with van der Waals surface area (Å²) in [7, 11) is 1.45. The highest BCUT2D eigenvalue weighted by Gasteiger charge is 2.12. The van der Waals surface area contributed by atoms with Crippen LogP contribution in [-0.2, 0) is 4.79 Å². The molecule has 0 saturated carbocycles. The van der Waals surface area contributed by atoms with Gasteiger partial charge in [-0.05, 0) is 54.4 Å². The Balaban J connectivity index is 1.58. The van der Waals surface area contributed by atoms with Crippen molar-refractivity contribution in [2.45, 2.75) is 6.92 Å². The van der Waals surface area contributed by atoms with Gasteiger partial charge in [0.2, 0.25) is 0 Å². The van der Waals surface area contributed by atoms with E-state index in [1.807, 2.05) is 6.92 Å². The number of carbonyl (C=O) groups is 2. The highest BCUT2D eigenvalue weighted by molar-refractivity contribution is 6.31. The fourth-order valence-corrected chi connectivity index (χ4v) is 3.07. The third-order valence-electron chi connectivity index (χ3n) is 4.70. The molecule has 0 atom stereocenters. The Morgan fingerprint density at radius 1 is 1.11 bits per heavy atom. The molecule has 0 aliphatic carbocycles. The number of benzene rings is 3. The zero-order valence-electron chi connectivity index (χ0n) is 18.8. The van der Waals surface area contributed by atoms with Crippen molar-refractivity contribution in [1.82, 2.24) is 5.43 Å². The number of nitrogens with zero attached hydrogens (tertiary/aromatic N) is 2. The molecule has 3 aromatic carbocycles. The van der Waals surface area contributed by atoms with Gasteiger partial charge in [0.1, 0.15) is 0 Å². The standard InChI is InChI=1S/C24H21ClN4O6/c1-15-6-8-18(12-20(15)25)27-23(30)14-35-21-9-7-16(10-22(21)34-2)13-26-28-24(31)17-4-3-5-19(11-17)29(32)33/h3-13H,14H2,1-2H3,(H,27,30)(H,28,31)/b26-13+. The van der Waals surface area contributed by atoms with Crippen molar-refractivity contribution in [3.63, 3.8) is 0 Å². The highest BCUT2D eigenvalue weighted by Crippen LogP contribution is 2.27. The fourth-order valence-electron chi connectivity index (χ4n) is 2.89. The smallest absolute Gasteiger partial charge is 0.271 e. The second-order valence-corrected chi connectivity index (χ2v) is 7.62. The number of rotatable bonds is 9. The number of hydrogen-bond donors (Lipinski definition) is 2. The second-order valence-electron chi connectivity index (χ2n) is 7.22. The van der Waals surface area contributed by atoms with Crippen LogP contribution in [0.3, 0.4) is 0 Å². The van der Waals surface area contributed by atoms with Crippen molar-refractivity contribution >= 4 is 41.0 Å². The molecule has 10 nitrogen and oxygen atoms in total. The first-order valence-corrected chi connectivity index (χ1v) is 10.6. The molecular weight excluding hydrogens is 476 g/mol. The van der Waals surface area contributed by atoms with E-state index in [2.05, 4.69) is 15.8 Å². The number of nitro groups is 1. The van der Waals surface area contributed by atoms with Crippen LogP contribution >= 0.6 is 11.6 Å². The van der Waals surface area contributed by atoms with E-state index in [4.69, 9.17) is 21.1 Å². The third kappa shape index (κ3) is 7.02. The SMILES string of the molecule is COc1cc(/C=N/NC(=O)c2cccc([N+](=O)[O-])c2)ccc1OCC(=O)Nc1ccc(C)c(Cl)c1. The van der Waals surface area contributed by atoms with Gasteiger partial charge < -0.3 is 14.8 Å². The lowest BCUT2D eigenvalue weighted by Gasteiger charge is -2.12. The quantitative estimate of drug-likeness (QED) is 0.257. The summed E-state index contributed by atoms with van der Waals surface area (Å²) in [5, 5.41) is 18.0. The molecule has 0 radical (unpaired) electrons. The normalized spacial score (nSPS) is 10.6. The molecule has 0 fully saturated rings. The van der Waals surface area contributed by atoms with Gasteiger partial charge in [-0.25, -0.2) is 5.43 Å². The number of non-ortho nitro benzene ring substituents is 1. The van der Waals surface area contributed by atoms with Crippen LogP contribution in [0.25, 0.3) is 0 Å². The predicted octanol–water partition coefficient (Wildman–Crippen LogP) is 4.35. The minimum Gasteiger partial charge on any atom is -0.493 e. The third-order valence-corrected chi connectivity index (χ3v) is 5.11. The largest absolute Gasteiger partial charge is 0.493 e. The van der Waals surface area contributed by atoms with Crippen LogP contribution < -0.4 is 20.2 Å². The fraction of sp³-hybridized carbons (Fsp3) is 0.125. The number of nitrogens with one attached hydrogen (secondary N) is 2. The maximum absolute atomic E-state index is 12.2. The number of methoxy groups -OCH3 is 1. The molecule has 0 spiro atoms. The topological polar surface area (TPSA) is 132 Å². The number of ether oxygens (including phenoxy) is 2. The lowest BCUT2D eigenvalue weighted by molar-refractivity contribution is -0.384. The first-order chi connectivity index (χ1) is 16.8. The van der Waals surface area contributed by atoms with Crippen LogP contribution in [0.5, 0.6) is 11.5 Å². The lowest BCUT2D eigenvalue weighted by Crippen LogP contribution is -2.20. The second kappa shape index (κ2) is 11.6. The predicted molar refractivity (Wildman–Crippen MR) is 131 cm³/mol. The molecule has 0 aliphatic heterocycles. The van der Waals surface area contributed by atoms with Gasteiger partial charge in [0.25, 0.3) is 17.5 Å². The summed E-state index contributed by atoms with van der Waals surface area (Å²) in [6.45, 7) is 1.61. The molecule has 0 heterocycles. The average Bonchev–Trinajstić information content (AvgIpc) is 2.85. The highest BCUT2D eigenvalue weighted by atomic mass is 35.5. The molecular formula is C24H21ClN4O6. The van der Waals surface area contributed by atoms with Crippen LogP contribution in [-0.4, -0.2) is 36.7 Å². The van der Waals surface area contributed by atoms with Gasteiger partial charge in [-0.2, -0.15) is 5.10 Å². The number of aryl methyl sites for hydroxylation is 1. The summed E-state index contributed by atoms with van der Waals surface area (Å²) in [6, 6.07) is 15.3. The zero-order valence-corrected chi connectivity index (χ0v) is 19.5. The number of halogens is 1. The molecule has 180 valence electrons. The molecule has 3 aromatic rings. The van der Waals surface area contributed by atoms with E-state index in [9.17, 15) is 19.7 Å². The van der Waals surface area contributed by atoms with Gasteiger partial charge in [0.15, 0.2) is 18.1 Å².